The van der Waals surface area contributed by atoms with Gasteiger partial charge in [0.05, 0.1) is 32.2 Å². The van der Waals surface area contributed by atoms with Gasteiger partial charge in [0.1, 0.15) is 0 Å². The van der Waals surface area contributed by atoms with E-state index in [-0.39, 0.29) is 5.54 Å². The lowest BCUT2D eigenvalue weighted by Crippen LogP contribution is -2.53. The van der Waals surface area contributed by atoms with Crippen LogP contribution in [0.25, 0.3) is 0 Å². The molecule has 1 aliphatic heterocycles. The van der Waals surface area contributed by atoms with E-state index in [1.807, 2.05) is 0 Å². The lowest BCUT2D eigenvalue weighted by Gasteiger charge is -2.45. The van der Waals surface area contributed by atoms with Crippen LogP contribution in [0.15, 0.2) is 0 Å². The molecule has 0 spiro atoms. The normalized spacial score (nSPS) is 24.0. The summed E-state index contributed by atoms with van der Waals surface area (Å²) < 4.78 is 2.46. The molecule has 17 heavy (non-hydrogen) atoms. The number of rotatable bonds is 4. The van der Waals surface area contributed by atoms with Crippen LogP contribution in [-0.2, 0) is 0 Å². The predicted molar refractivity (Wildman–Crippen MR) is 76.0 cm³/mol. The van der Waals surface area contributed by atoms with Crippen LogP contribution in [0, 0.1) is 5.41 Å². The fraction of sp³-hybridized carbons (Fsp3) is 1.00. The first-order valence-corrected chi connectivity index (χ1v) is 7.19. The van der Waals surface area contributed by atoms with E-state index in [1.165, 1.54) is 29.9 Å². The van der Waals surface area contributed by atoms with Crippen molar-refractivity contribution in [3.05, 3.63) is 0 Å². The molecule has 0 aromatic carbocycles. The second kappa shape index (κ2) is 5.24. The molecule has 0 saturated carbocycles. The highest BCUT2D eigenvalue weighted by molar-refractivity contribution is 6.34. The molecule has 1 saturated heterocycles. The van der Waals surface area contributed by atoms with Gasteiger partial charge in [-0.05, 0) is 42.8 Å². The van der Waals surface area contributed by atoms with Crippen molar-refractivity contribution in [1.82, 2.24) is 3.94 Å². The summed E-state index contributed by atoms with van der Waals surface area (Å²) in [5, 5.41) is 0. The van der Waals surface area contributed by atoms with Gasteiger partial charge in [-0.1, -0.05) is 13.8 Å². The number of piperidine rings is 1. The minimum Gasteiger partial charge on any atom is -0.326 e. The van der Waals surface area contributed by atoms with Crippen LogP contribution in [0.3, 0.4) is 0 Å². The van der Waals surface area contributed by atoms with Crippen molar-refractivity contribution in [2.75, 3.05) is 26.7 Å². The van der Waals surface area contributed by atoms with E-state index in [9.17, 15) is 0 Å². The van der Waals surface area contributed by atoms with Crippen LogP contribution < -0.4 is 0 Å². The van der Waals surface area contributed by atoms with Gasteiger partial charge in [-0.15, -0.1) is 3.94 Å². The second-order valence-corrected chi connectivity index (χ2v) is 8.10. The molecule has 0 aromatic heterocycles. The van der Waals surface area contributed by atoms with Gasteiger partial charge in [0.25, 0.3) is 0 Å². The maximum Gasteiger partial charge on any atom is 0.0803 e. The summed E-state index contributed by atoms with van der Waals surface area (Å²) in [6.45, 7) is 12.6. The maximum atomic E-state index is 5.87. The summed E-state index contributed by atoms with van der Waals surface area (Å²) in [5.74, 6) is 0. The van der Waals surface area contributed by atoms with Crippen molar-refractivity contribution < 1.29 is 4.48 Å². The van der Waals surface area contributed by atoms with Gasteiger partial charge < -0.3 is 4.48 Å². The summed E-state index contributed by atoms with van der Waals surface area (Å²) in [4.78, 5) is 0. The van der Waals surface area contributed by atoms with E-state index in [0.717, 1.165) is 17.4 Å². The highest BCUT2D eigenvalue weighted by atomic mass is 35.5. The maximum absolute atomic E-state index is 5.87. The summed E-state index contributed by atoms with van der Waals surface area (Å²) >= 11 is 11.7. The van der Waals surface area contributed by atoms with Gasteiger partial charge in [0.2, 0.25) is 0 Å². The highest BCUT2D eigenvalue weighted by Gasteiger charge is 2.36. The minimum absolute atomic E-state index is 0.142. The van der Waals surface area contributed by atoms with Crippen molar-refractivity contribution in [2.24, 2.45) is 5.41 Å². The van der Waals surface area contributed by atoms with Gasteiger partial charge in [0.15, 0.2) is 0 Å². The Morgan fingerprint density at radius 1 is 1.18 bits per heavy atom. The van der Waals surface area contributed by atoms with E-state index in [1.54, 1.807) is 0 Å². The molecule has 0 unspecified atom stereocenters. The molecule has 102 valence electrons. The Labute approximate surface area is 117 Å². The molecular weight excluding hydrogens is 255 g/mol. The molecule has 4 heteroatoms. The smallest absolute Gasteiger partial charge is 0.0803 e. The Hall–Kier alpha value is 0.500. The Balaban J connectivity index is 2.47. The van der Waals surface area contributed by atoms with E-state index in [0.29, 0.717) is 5.41 Å². The predicted octanol–water partition coefficient (Wildman–Crippen LogP) is 4.03. The van der Waals surface area contributed by atoms with Crippen LogP contribution in [-0.4, -0.2) is 40.6 Å². The van der Waals surface area contributed by atoms with Crippen LogP contribution in [0.1, 0.15) is 47.0 Å². The van der Waals surface area contributed by atoms with Gasteiger partial charge in [-0.25, -0.2) is 0 Å². The first-order valence-electron chi connectivity index (χ1n) is 6.52. The lowest BCUT2D eigenvalue weighted by molar-refractivity contribution is -0.917. The zero-order valence-corrected chi connectivity index (χ0v) is 13.4. The van der Waals surface area contributed by atoms with Gasteiger partial charge in [0, 0.05) is 19.3 Å². The molecule has 0 aromatic rings. The Morgan fingerprint density at radius 3 is 2.06 bits per heavy atom. The Bertz CT molecular complexity index is 252. The van der Waals surface area contributed by atoms with Crippen LogP contribution >= 0.6 is 23.6 Å². The molecule has 1 rings (SSSR count). The van der Waals surface area contributed by atoms with Crippen molar-refractivity contribution in [2.45, 2.75) is 52.5 Å². The molecular formula is C13H27Cl2N2+. The standard InChI is InChI=1S/C13H27Cl2N2/c1-12(2)6-9-17(5,10-7-12)11-8-13(3,4)16(14)15/h6-11H2,1-5H3/q+1. The second-order valence-electron chi connectivity index (χ2n) is 7.25. The highest BCUT2D eigenvalue weighted by Crippen LogP contribution is 2.34. The van der Waals surface area contributed by atoms with E-state index in [4.69, 9.17) is 23.6 Å². The van der Waals surface area contributed by atoms with Gasteiger partial charge in [-0.2, -0.15) is 0 Å². The van der Waals surface area contributed by atoms with Gasteiger partial charge >= 0.3 is 0 Å². The SMILES string of the molecule is CC1(C)CC[N+](C)(CCC(C)(C)N(Cl)Cl)CC1. The average Bonchev–Trinajstić information content (AvgIpc) is 2.21. The van der Waals surface area contributed by atoms with Crippen LogP contribution in [0.5, 0.6) is 0 Å². The molecule has 0 aliphatic carbocycles. The number of likely N-dealkylation sites (tertiary alicyclic amines) is 1. The summed E-state index contributed by atoms with van der Waals surface area (Å²) in [6, 6.07) is 0. The third kappa shape index (κ3) is 4.59. The van der Waals surface area contributed by atoms with Crippen molar-refractivity contribution in [1.29, 1.82) is 0 Å². The largest absolute Gasteiger partial charge is 0.326 e. The van der Waals surface area contributed by atoms with Crippen molar-refractivity contribution in [3.63, 3.8) is 0 Å². The lowest BCUT2D eigenvalue weighted by atomic mass is 9.81. The average molecular weight is 282 g/mol. The molecule has 0 amide bonds. The van der Waals surface area contributed by atoms with E-state index < -0.39 is 0 Å². The van der Waals surface area contributed by atoms with E-state index in [2.05, 4.69) is 34.7 Å². The Kier molecular flexibility index (Phi) is 4.80. The number of hydrogen-bond donors (Lipinski definition) is 0. The Morgan fingerprint density at radius 2 is 1.65 bits per heavy atom. The molecule has 0 atom stereocenters. The molecule has 2 nitrogen and oxygen atoms in total. The molecule has 1 fully saturated rings. The van der Waals surface area contributed by atoms with Crippen LogP contribution in [0.2, 0.25) is 0 Å². The minimum atomic E-state index is -0.142. The number of hydrogen-bond acceptors (Lipinski definition) is 1. The fourth-order valence-electron chi connectivity index (χ4n) is 2.23. The zero-order valence-electron chi connectivity index (χ0n) is 11.9. The third-order valence-electron chi connectivity index (χ3n) is 4.38. The summed E-state index contributed by atoms with van der Waals surface area (Å²) in [5.41, 5.74) is 0.385. The van der Waals surface area contributed by atoms with Gasteiger partial charge in [-0.3, -0.25) is 0 Å². The van der Waals surface area contributed by atoms with Crippen molar-refractivity contribution >= 4 is 23.6 Å². The number of nitrogens with zero attached hydrogens (tertiary/aromatic N) is 2. The molecule has 1 heterocycles. The van der Waals surface area contributed by atoms with E-state index >= 15 is 0 Å². The quantitative estimate of drug-likeness (QED) is 0.556. The first-order chi connectivity index (χ1) is 7.56. The molecule has 0 radical (unpaired) electrons. The first kappa shape index (κ1) is 15.6. The summed E-state index contributed by atoms with van der Waals surface area (Å²) in [7, 11) is 2.36. The topological polar surface area (TPSA) is 3.24 Å². The zero-order chi connectivity index (χ0) is 13.3. The molecule has 0 N–H and O–H groups in total. The van der Waals surface area contributed by atoms with Crippen LogP contribution in [0.4, 0.5) is 0 Å². The third-order valence-corrected chi connectivity index (χ3v) is 5.29. The number of quaternary nitrogens is 1. The molecule has 0 bridgehead atoms. The molecule has 1 aliphatic rings. The monoisotopic (exact) mass is 281 g/mol. The fourth-order valence-corrected chi connectivity index (χ4v) is 2.40. The number of halogens is 2. The summed E-state index contributed by atoms with van der Waals surface area (Å²) in [6.07, 6.45) is 3.65. The van der Waals surface area contributed by atoms with Crippen molar-refractivity contribution in [3.8, 4) is 0 Å².